The van der Waals surface area contributed by atoms with Crippen LogP contribution >= 0.6 is 11.8 Å². The molecule has 4 rings (SSSR count). The number of piperidine rings is 2. The van der Waals surface area contributed by atoms with E-state index in [1.807, 2.05) is 17.2 Å². The summed E-state index contributed by atoms with van der Waals surface area (Å²) in [5.41, 5.74) is 1.82. The first kappa shape index (κ1) is 24.3. The van der Waals surface area contributed by atoms with Gasteiger partial charge in [0.25, 0.3) is 5.91 Å². The molecule has 0 unspecified atom stereocenters. The molecule has 2 aromatic rings. The number of benzene rings is 2. The highest BCUT2D eigenvalue weighted by Gasteiger charge is 2.31. The Balaban J connectivity index is 1.47. The van der Waals surface area contributed by atoms with Crippen LogP contribution < -0.4 is 0 Å². The van der Waals surface area contributed by atoms with Gasteiger partial charge in [0.2, 0.25) is 10.0 Å². The molecule has 1 amide bonds. The minimum Gasteiger partial charge on any atom is -0.339 e. The van der Waals surface area contributed by atoms with Crippen molar-refractivity contribution in [2.45, 2.75) is 48.8 Å². The predicted molar refractivity (Wildman–Crippen MR) is 134 cm³/mol. The highest BCUT2D eigenvalue weighted by atomic mass is 32.2. The van der Waals surface area contributed by atoms with Crippen LogP contribution in [-0.2, 0) is 16.4 Å². The smallest absolute Gasteiger partial charge is 0.255 e. The molecule has 7 heteroatoms. The number of likely N-dealkylation sites (tertiary alicyclic amines) is 1. The summed E-state index contributed by atoms with van der Waals surface area (Å²) in [6.07, 6.45) is 6.62. The molecule has 0 spiro atoms. The number of carbonyl (C=O) groups excluding carboxylic acids is 1. The van der Waals surface area contributed by atoms with Crippen molar-refractivity contribution in [3.63, 3.8) is 0 Å². The summed E-state index contributed by atoms with van der Waals surface area (Å²) in [6.45, 7) is 4.74. The first-order valence-electron chi connectivity index (χ1n) is 11.9. The number of hydrogen-bond acceptors (Lipinski definition) is 4. The first-order valence-corrected chi connectivity index (χ1v) is 14.6. The predicted octanol–water partition coefficient (Wildman–Crippen LogP) is 4.92. The molecule has 2 aromatic carbocycles. The van der Waals surface area contributed by atoms with Crippen LogP contribution in [0.15, 0.2) is 58.3 Å². The maximum atomic E-state index is 13.4. The van der Waals surface area contributed by atoms with E-state index in [0.717, 1.165) is 50.1 Å². The second kappa shape index (κ2) is 10.6. The fraction of sp³-hybridized carbons (Fsp3) is 0.500. The van der Waals surface area contributed by atoms with E-state index in [-0.39, 0.29) is 10.8 Å². The van der Waals surface area contributed by atoms with Gasteiger partial charge in [-0.1, -0.05) is 37.3 Å². The van der Waals surface area contributed by atoms with Gasteiger partial charge in [-0.25, -0.2) is 8.42 Å². The molecule has 0 radical (unpaired) electrons. The SMILES string of the molecule is CSc1ccc(S(=O)(=O)N2CCC(Cc3ccccc3)CC2)cc1C(=O)N1CCC(C)CC1. The molecular weight excluding hydrogens is 452 g/mol. The van der Waals surface area contributed by atoms with Crippen LogP contribution in [-0.4, -0.2) is 56.0 Å². The Morgan fingerprint density at radius 3 is 2.27 bits per heavy atom. The molecule has 0 atom stereocenters. The minimum atomic E-state index is -3.63. The van der Waals surface area contributed by atoms with Gasteiger partial charge in [-0.2, -0.15) is 4.31 Å². The van der Waals surface area contributed by atoms with E-state index in [1.54, 1.807) is 22.5 Å². The van der Waals surface area contributed by atoms with Crippen LogP contribution in [0.25, 0.3) is 0 Å². The third-order valence-electron chi connectivity index (χ3n) is 7.05. The maximum Gasteiger partial charge on any atom is 0.255 e. The van der Waals surface area contributed by atoms with Gasteiger partial charge in [0.05, 0.1) is 10.5 Å². The quantitative estimate of drug-likeness (QED) is 0.544. The summed E-state index contributed by atoms with van der Waals surface area (Å²) >= 11 is 1.49. The Morgan fingerprint density at radius 1 is 0.970 bits per heavy atom. The van der Waals surface area contributed by atoms with E-state index < -0.39 is 10.0 Å². The van der Waals surface area contributed by atoms with Gasteiger partial charge in [0.1, 0.15) is 0 Å². The van der Waals surface area contributed by atoms with Gasteiger partial charge in [-0.05, 0) is 74.0 Å². The molecule has 2 fully saturated rings. The van der Waals surface area contributed by atoms with Crippen molar-refractivity contribution in [3.05, 3.63) is 59.7 Å². The second-order valence-corrected chi connectivity index (χ2v) is 12.2. The molecule has 5 nitrogen and oxygen atoms in total. The molecular formula is C26H34N2O3S2. The van der Waals surface area contributed by atoms with Crippen LogP contribution in [0.4, 0.5) is 0 Å². The van der Waals surface area contributed by atoms with E-state index in [0.29, 0.717) is 30.5 Å². The number of amides is 1. The molecule has 178 valence electrons. The number of nitrogens with zero attached hydrogens (tertiary/aromatic N) is 2. The molecule has 0 N–H and O–H groups in total. The lowest BCUT2D eigenvalue weighted by Crippen LogP contribution is -2.39. The number of thioether (sulfide) groups is 1. The average Bonchev–Trinajstić information content (AvgIpc) is 2.84. The fourth-order valence-corrected chi connectivity index (χ4v) is 6.91. The highest BCUT2D eigenvalue weighted by Crippen LogP contribution is 2.30. The number of hydrogen-bond donors (Lipinski definition) is 0. The van der Waals surface area contributed by atoms with Gasteiger partial charge in [-0.15, -0.1) is 11.8 Å². The monoisotopic (exact) mass is 486 g/mol. The topological polar surface area (TPSA) is 57.7 Å². The molecule has 0 aromatic heterocycles. The van der Waals surface area contributed by atoms with Crippen molar-refractivity contribution in [2.75, 3.05) is 32.4 Å². The summed E-state index contributed by atoms with van der Waals surface area (Å²) in [7, 11) is -3.63. The Labute approximate surface area is 202 Å². The zero-order valence-corrected chi connectivity index (χ0v) is 21.2. The zero-order chi connectivity index (χ0) is 23.4. The first-order chi connectivity index (χ1) is 15.9. The lowest BCUT2D eigenvalue weighted by atomic mass is 9.91. The van der Waals surface area contributed by atoms with E-state index in [9.17, 15) is 13.2 Å². The van der Waals surface area contributed by atoms with Crippen molar-refractivity contribution >= 4 is 27.7 Å². The van der Waals surface area contributed by atoms with Crippen molar-refractivity contribution in [1.82, 2.24) is 9.21 Å². The third kappa shape index (κ3) is 5.64. The van der Waals surface area contributed by atoms with Crippen molar-refractivity contribution in [3.8, 4) is 0 Å². The summed E-state index contributed by atoms with van der Waals surface area (Å²) in [4.78, 5) is 16.2. The average molecular weight is 487 g/mol. The molecule has 33 heavy (non-hydrogen) atoms. The van der Waals surface area contributed by atoms with Crippen LogP contribution in [0.3, 0.4) is 0 Å². The van der Waals surface area contributed by atoms with Crippen LogP contribution in [0.1, 0.15) is 48.5 Å². The van der Waals surface area contributed by atoms with Crippen LogP contribution in [0, 0.1) is 11.8 Å². The van der Waals surface area contributed by atoms with E-state index in [4.69, 9.17) is 0 Å². The Morgan fingerprint density at radius 2 is 1.64 bits per heavy atom. The van der Waals surface area contributed by atoms with Crippen molar-refractivity contribution < 1.29 is 13.2 Å². The second-order valence-electron chi connectivity index (χ2n) is 9.37. The van der Waals surface area contributed by atoms with Crippen LogP contribution in [0.5, 0.6) is 0 Å². The minimum absolute atomic E-state index is 0.0510. The fourth-order valence-electron chi connectivity index (χ4n) is 4.85. The summed E-state index contributed by atoms with van der Waals surface area (Å²) in [6, 6.07) is 15.5. The Hall–Kier alpha value is -1.83. The maximum absolute atomic E-state index is 13.4. The van der Waals surface area contributed by atoms with Gasteiger partial charge in [0, 0.05) is 31.1 Å². The highest BCUT2D eigenvalue weighted by molar-refractivity contribution is 7.98. The number of sulfonamides is 1. The molecule has 0 bridgehead atoms. The molecule has 2 saturated heterocycles. The Bertz CT molecular complexity index is 1060. The van der Waals surface area contributed by atoms with E-state index in [1.165, 1.54) is 17.3 Å². The molecule has 2 heterocycles. The largest absolute Gasteiger partial charge is 0.339 e. The Kier molecular flexibility index (Phi) is 7.82. The summed E-state index contributed by atoms with van der Waals surface area (Å²) in [5.74, 6) is 1.08. The van der Waals surface area contributed by atoms with E-state index >= 15 is 0 Å². The summed E-state index contributed by atoms with van der Waals surface area (Å²) < 4.78 is 28.5. The van der Waals surface area contributed by atoms with Gasteiger partial charge < -0.3 is 4.90 Å². The zero-order valence-electron chi connectivity index (χ0n) is 19.6. The lowest BCUT2D eigenvalue weighted by molar-refractivity contribution is 0.0693. The van der Waals surface area contributed by atoms with E-state index in [2.05, 4.69) is 31.2 Å². The third-order valence-corrected chi connectivity index (χ3v) is 9.74. The normalized spacial score (nSPS) is 19.0. The van der Waals surface area contributed by atoms with Gasteiger partial charge >= 0.3 is 0 Å². The molecule has 2 aliphatic rings. The molecule has 0 aliphatic carbocycles. The molecule has 2 aliphatic heterocycles. The number of rotatable bonds is 6. The van der Waals surface area contributed by atoms with Gasteiger partial charge in [-0.3, -0.25) is 4.79 Å². The molecule has 0 saturated carbocycles. The van der Waals surface area contributed by atoms with Crippen molar-refractivity contribution in [1.29, 1.82) is 0 Å². The lowest BCUT2D eigenvalue weighted by Gasteiger charge is -2.32. The standard InChI is InChI=1S/C26H34N2O3S2/c1-20-10-14-27(15-11-20)26(29)24-19-23(8-9-25(24)32-2)33(30,31)28-16-12-22(13-17-28)18-21-6-4-3-5-7-21/h3-9,19-20,22H,10-18H2,1-2H3. The van der Waals surface area contributed by atoms with Crippen LogP contribution in [0.2, 0.25) is 0 Å². The summed E-state index contributed by atoms with van der Waals surface area (Å²) in [5, 5.41) is 0. The van der Waals surface area contributed by atoms with Gasteiger partial charge in [0.15, 0.2) is 0 Å². The number of carbonyl (C=O) groups is 1. The van der Waals surface area contributed by atoms with Crippen molar-refractivity contribution in [2.24, 2.45) is 11.8 Å².